The molecule has 1 aromatic rings. The molecular formula is C21H36FN5O9. The maximum Gasteiger partial charge on any atom is 0.412 e. The highest BCUT2D eigenvalue weighted by atomic mass is 19.1. The zero-order valence-electron chi connectivity index (χ0n) is 20.3. The SMILES string of the molecule is C.[2H]CF.[N-]=[N+]=NCCOCCOCCOCCOCCOCCNC(=O)Oc1ccc([N+](=O)[O-])cc1. The third-order valence-corrected chi connectivity index (χ3v) is 3.66. The van der Waals surface area contributed by atoms with Crippen LogP contribution in [0.2, 0.25) is 0 Å². The van der Waals surface area contributed by atoms with Crippen LogP contribution in [-0.2, 0) is 23.7 Å². The van der Waals surface area contributed by atoms with Crippen molar-refractivity contribution in [3.8, 4) is 5.75 Å². The van der Waals surface area contributed by atoms with Gasteiger partial charge in [0.25, 0.3) is 5.69 Å². The van der Waals surface area contributed by atoms with Crippen molar-refractivity contribution in [2.75, 3.05) is 86.3 Å². The first-order valence-electron chi connectivity index (χ1n) is 11.2. The van der Waals surface area contributed by atoms with Crippen LogP contribution >= 0.6 is 0 Å². The van der Waals surface area contributed by atoms with E-state index >= 15 is 0 Å². The molecule has 0 fully saturated rings. The predicted molar refractivity (Wildman–Crippen MR) is 129 cm³/mol. The number of hydrogen-bond acceptors (Lipinski definition) is 10. The fourth-order valence-corrected chi connectivity index (χ4v) is 2.14. The summed E-state index contributed by atoms with van der Waals surface area (Å²) in [5.74, 6) is 0.203. The number of non-ortho nitro benzene ring substituents is 1. The van der Waals surface area contributed by atoms with E-state index in [1.54, 1.807) is 0 Å². The Hall–Kier alpha value is -3.07. The molecule has 1 rings (SSSR count). The van der Waals surface area contributed by atoms with Crippen molar-refractivity contribution in [2.24, 2.45) is 5.11 Å². The molecule has 1 N–H and O–H groups in total. The smallest absolute Gasteiger partial charge is 0.410 e. The average molecular weight is 523 g/mol. The van der Waals surface area contributed by atoms with Crippen LogP contribution in [0, 0.1) is 10.1 Å². The zero-order chi connectivity index (χ0) is 26.7. The molecule has 0 aliphatic heterocycles. The summed E-state index contributed by atoms with van der Waals surface area (Å²) in [5, 5.41) is 16.4. The average Bonchev–Trinajstić information content (AvgIpc) is 2.86. The Balaban J connectivity index is 0. The molecule has 206 valence electrons. The summed E-state index contributed by atoms with van der Waals surface area (Å²) < 4.78 is 47.0. The summed E-state index contributed by atoms with van der Waals surface area (Å²) >= 11 is 0. The lowest BCUT2D eigenvalue weighted by atomic mass is 10.3. The molecule has 0 aliphatic rings. The maximum absolute atomic E-state index is 11.6. The molecule has 0 unspecified atom stereocenters. The van der Waals surface area contributed by atoms with Gasteiger partial charge in [-0.2, -0.15) is 0 Å². The number of azide groups is 1. The largest absolute Gasteiger partial charge is 0.412 e. The molecule has 0 bridgehead atoms. The van der Waals surface area contributed by atoms with Crippen LogP contribution in [0.5, 0.6) is 5.75 Å². The molecule has 0 heterocycles. The number of halogens is 1. The monoisotopic (exact) mass is 522 g/mol. The number of amides is 1. The van der Waals surface area contributed by atoms with Crippen molar-refractivity contribution >= 4 is 11.8 Å². The van der Waals surface area contributed by atoms with E-state index in [-0.39, 0.29) is 32.0 Å². The van der Waals surface area contributed by atoms with Crippen molar-refractivity contribution in [1.82, 2.24) is 5.32 Å². The second-order valence-corrected chi connectivity index (χ2v) is 6.08. The molecule has 0 spiro atoms. The second-order valence-electron chi connectivity index (χ2n) is 6.08. The van der Waals surface area contributed by atoms with Crippen molar-refractivity contribution in [3.63, 3.8) is 0 Å². The first-order valence-corrected chi connectivity index (χ1v) is 10.5. The van der Waals surface area contributed by atoms with Gasteiger partial charge in [-0.1, -0.05) is 12.5 Å². The van der Waals surface area contributed by atoms with Gasteiger partial charge >= 0.3 is 6.09 Å². The van der Waals surface area contributed by atoms with Crippen LogP contribution in [0.3, 0.4) is 0 Å². The minimum Gasteiger partial charge on any atom is -0.410 e. The van der Waals surface area contributed by atoms with E-state index in [9.17, 15) is 19.3 Å². The molecule has 1 amide bonds. The van der Waals surface area contributed by atoms with Crippen LogP contribution in [0.15, 0.2) is 29.4 Å². The number of nitro benzene ring substituents is 1. The number of ether oxygens (including phenoxy) is 6. The molecular weight excluding hydrogens is 485 g/mol. The number of benzene rings is 1. The Morgan fingerprint density at radius 1 is 1.00 bits per heavy atom. The van der Waals surface area contributed by atoms with Gasteiger partial charge in [-0.3, -0.25) is 14.5 Å². The van der Waals surface area contributed by atoms with E-state index in [2.05, 4.69) is 15.3 Å². The number of hydrogen-bond donors (Lipinski definition) is 1. The van der Waals surface area contributed by atoms with Crippen molar-refractivity contribution in [3.05, 3.63) is 44.8 Å². The van der Waals surface area contributed by atoms with Gasteiger partial charge in [-0.05, 0) is 17.7 Å². The van der Waals surface area contributed by atoms with Gasteiger partial charge in [0.05, 0.1) is 79.5 Å². The summed E-state index contributed by atoms with van der Waals surface area (Å²) in [6.07, 6.45) is -0.678. The number of carbonyl (C=O) groups excluding carboxylic acids is 1. The van der Waals surface area contributed by atoms with Crippen LogP contribution in [-0.4, -0.2) is 97.3 Å². The van der Waals surface area contributed by atoms with Crippen LogP contribution in [0.4, 0.5) is 14.9 Å². The van der Waals surface area contributed by atoms with Gasteiger partial charge in [0, 0.05) is 30.1 Å². The van der Waals surface area contributed by atoms with Gasteiger partial charge < -0.3 is 33.7 Å². The summed E-state index contributed by atoms with van der Waals surface area (Å²) in [5.41, 5.74) is 8.01. The topological polar surface area (TPSA) is 176 Å². The molecule has 0 saturated carbocycles. The molecule has 14 nitrogen and oxygen atoms in total. The van der Waals surface area contributed by atoms with E-state index in [0.717, 1.165) is 0 Å². The number of carbonyl (C=O) groups is 1. The predicted octanol–water partition coefficient (Wildman–Crippen LogP) is 3.30. The third kappa shape index (κ3) is 21.5. The van der Waals surface area contributed by atoms with E-state index < -0.39 is 18.2 Å². The highest BCUT2D eigenvalue weighted by Gasteiger charge is 2.07. The van der Waals surface area contributed by atoms with Gasteiger partial charge in [0.15, 0.2) is 0 Å². The zero-order valence-corrected chi connectivity index (χ0v) is 19.3. The summed E-state index contributed by atoms with van der Waals surface area (Å²) in [4.78, 5) is 24.3. The molecule has 0 saturated heterocycles. The van der Waals surface area contributed by atoms with Gasteiger partial charge in [0.1, 0.15) is 5.75 Å². The Morgan fingerprint density at radius 2 is 1.44 bits per heavy atom. The highest BCUT2D eigenvalue weighted by Crippen LogP contribution is 2.17. The minimum absolute atomic E-state index is 0. The summed E-state index contributed by atoms with van der Waals surface area (Å²) in [6.45, 7) is 4.58. The molecule has 36 heavy (non-hydrogen) atoms. The first-order chi connectivity index (χ1) is 17.5. The Kier molecular flexibility index (Phi) is 24.3. The van der Waals surface area contributed by atoms with Gasteiger partial charge in [-0.25, -0.2) is 4.79 Å². The van der Waals surface area contributed by atoms with Crippen LogP contribution in [0.1, 0.15) is 8.80 Å². The Bertz CT molecular complexity index is 744. The normalized spacial score (nSPS) is 10.1. The maximum atomic E-state index is 11.6. The molecule has 15 heteroatoms. The van der Waals surface area contributed by atoms with Gasteiger partial charge in [0.2, 0.25) is 0 Å². The van der Waals surface area contributed by atoms with Crippen molar-refractivity contribution in [1.29, 1.82) is 0 Å². The van der Waals surface area contributed by atoms with Crippen molar-refractivity contribution in [2.45, 2.75) is 7.43 Å². The lowest BCUT2D eigenvalue weighted by molar-refractivity contribution is -0.384. The fourth-order valence-electron chi connectivity index (χ4n) is 2.14. The minimum atomic E-state index is -1.00. The number of nitrogens with zero attached hydrogens (tertiary/aromatic N) is 4. The number of alkyl halides is 1. The van der Waals surface area contributed by atoms with Gasteiger partial charge in [-0.15, -0.1) is 0 Å². The lowest BCUT2D eigenvalue weighted by Gasteiger charge is -2.08. The quantitative estimate of drug-likeness (QED) is 0.0672. The Morgan fingerprint density at radius 3 is 1.89 bits per heavy atom. The summed E-state index contributed by atoms with van der Waals surface area (Å²) in [7, 11) is -1.00. The summed E-state index contributed by atoms with van der Waals surface area (Å²) in [6, 6.07) is 5.19. The molecule has 0 atom stereocenters. The van der Waals surface area contributed by atoms with E-state index in [1.807, 2.05) is 0 Å². The van der Waals surface area contributed by atoms with E-state index in [1.165, 1.54) is 24.3 Å². The van der Waals surface area contributed by atoms with Crippen LogP contribution in [0.25, 0.3) is 10.4 Å². The lowest BCUT2D eigenvalue weighted by Crippen LogP contribution is -2.30. The van der Waals surface area contributed by atoms with Crippen molar-refractivity contribution < 1.29 is 43.9 Å². The molecule has 0 aromatic heterocycles. The number of nitro groups is 1. The third-order valence-electron chi connectivity index (χ3n) is 3.66. The number of rotatable bonds is 20. The van der Waals surface area contributed by atoms with E-state index in [0.29, 0.717) is 66.0 Å². The Labute approximate surface area is 211 Å². The second kappa shape index (κ2) is 26.5. The highest BCUT2D eigenvalue weighted by molar-refractivity contribution is 5.70. The van der Waals surface area contributed by atoms with E-state index in [4.69, 9.17) is 35.3 Å². The first kappa shape index (κ1) is 32.9. The standard InChI is InChI=1S/C19H29N5O9.CH3F.CH4/c20-23-22-6-8-29-10-12-31-14-16-32-15-13-30-11-9-28-7-5-21-19(25)33-18-3-1-17(2-4-18)24(26)27;1-2;/h1-4H,5-16H2,(H,21,25);1H3;1H4/i;1D;. The number of nitrogens with one attached hydrogen (secondary N) is 1. The molecule has 0 aliphatic carbocycles. The fraction of sp³-hybridized carbons (Fsp3) is 0.667. The van der Waals surface area contributed by atoms with Crippen LogP contribution < -0.4 is 10.1 Å². The molecule has 0 radical (unpaired) electrons. The molecule has 1 aromatic carbocycles.